The molecule has 5 heterocycles. The molecule has 2 saturated heterocycles. The molecule has 1 N–H and O–H groups in total. The van der Waals surface area contributed by atoms with E-state index in [0.717, 1.165) is 58.0 Å². The second-order valence-corrected chi connectivity index (χ2v) is 8.04. The first-order chi connectivity index (χ1) is 14.5. The van der Waals surface area contributed by atoms with Crippen LogP contribution in [0.5, 0.6) is 0 Å². The number of hydrogen-bond acceptors (Lipinski definition) is 6. The minimum atomic E-state index is -4.52. The molecule has 0 bridgehead atoms. The Morgan fingerprint density at radius 2 is 1.90 bits per heavy atom. The second kappa shape index (κ2) is 7.66. The van der Waals surface area contributed by atoms with E-state index >= 15 is 0 Å². The summed E-state index contributed by atoms with van der Waals surface area (Å²) in [5, 5.41) is 3.37. The quantitative estimate of drug-likeness (QED) is 0.827. The number of imidazole rings is 1. The number of hydrogen-bond donors (Lipinski definition) is 1. The minimum absolute atomic E-state index is 0.0446. The van der Waals surface area contributed by atoms with Crippen LogP contribution in [0.15, 0.2) is 35.9 Å². The molecular formula is C20H23F3N6O. The summed E-state index contributed by atoms with van der Waals surface area (Å²) >= 11 is 0. The average molecular weight is 420 g/mol. The third kappa shape index (κ3) is 3.69. The summed E-state index contributed by atoms with van der Waals surface area (Å²) in [6, 6.07) is 0. The lowest BCUT2D eigenvalue weighted by Gasteiger charge is -2.31. The molecule has 160 valence electrons. The number of nitrogens with one attached hydrogen (secondary N) is 1. The Morgan fingerprint density at radius 1 is 1.07 bits per heavy atom. The summed E-state index contributed by atoms with van der Waals surface area (Å²) in [7, 11) is 0. The zero-order valence-electron chi connectivity index (χ0n) is 16.3. The van der Waals surface area contributed by atoms with Crippen molar-refractivity contribution < 1.29 is 17.9 Å². The minimum Gasteiger partial charge on any atom is -0.381 e. The molecule has 0 aliphatic carbocycles. The third-order valence-corrected chi connectivity index (χ3v) is 6.27. The molecule has 0 saturated carbocycles. The monoisotopic (exact) mass is 420 g/mol. The number of alkyl halides is 3. The Hall–Kier alpha value is -2.46. The molecule has 0 spiro atoms. The van der Waals surface area contributed by atoms with Gasteiger partial charge in [0.05, 0.1) is 12.4 Å². The fraction of sp³-hybridized carbons (Fsp3) is 0.550. The SMILES string of the molecule is FC(F)(F)c1cn2c(C3=NC=CC(N4CCC(C5CCOCC5)C4)N3)cnc2cn1. The summed E-state index contributed by atoms with van der Waals surface area (Å²) < 4.78 is 46.1. The molecule has 2 atom stereocenters. The van der Waals surface area contributed by atoms with E-state index < -0.39 is 11.9 Å². The van der Waals surface area contributed by atoms with Crippen molar-refractivity contribution in [3.63, 3.8) is 0 Å². The van der Waals surface area contributed by atoms with Crippen LogP contribution in [0.3, 0.4) is 0 Å². The lowest BCUT2D eigenvalue weighted by molar-refractivity contribution is -0.141. The number of rotatable bonds is 3. The average Bonchev–Trinajstić information content (AvgIpc) is 3.41. The van der Waals surface area contributed by atoms with Gasteiger partial charge in [0, 0.05) is 38.7 Å². The summed E-state index contributed by atoms with van der Waals surface area (Å²) in [4.78, 5) is 14.4. The highest BCUT2D eigenvalue weighted by atomic mass is 19.4. The Bertz CT molecular complexity index is 979. The van der Waals surface area contributed by atoms with Crippen molar-refractivity contribution in [2.75, 3.05) is 26.3 Å². The van der Waals surface area contributed by atoms with Crippen molar-refractivity contribution in [3.8, 4) is 0 Å². The van der Waals surface area contributed by atoms with Crippen molar-refractivity contribution in [2.45, 2.75) is 31.6 Å². The van der Waals surface area contributed by atoms with Crippen LogP contribution in [0.2, 0.25) is 0 Å². The summed E-state index contributed by atoms with van der Waals surface area (Å²) in [5.41, 5.74) is -0.140. The summed E-state index contributed by atoms with van der Waals surface area (Å²) in [5.74, 6) is 1.86. The molecule has 30 heavy (non-hydrogen) atoms. The van der Waals surface area contributed by atoms with Gasteiger partial charge >= 0.3 is 6.18 Å². The van der Waals surface area contributed by atoms with Crippen molar-refractivity contribution in [2.24, 2.45) is 16.8 Å². The molecule has 0 aromatic carbocycles. The normalized spacial score (nSPS) is 26.2. The highest BCUT2D eigenvalue weighted by Gasteiger charge is 2.35. The highest BCUT2D eigenvalue weighted by molar-refractivity contribution is 5.99. The van der Waals surface area contributed by atoms with Gasteiger partial charge in [0.15, 0.2) is 17.2 Å². The fourth-order valence-electron chi connectivity index (χ4n) is 4.63. The van der Waals surface area contributed by atoms with Crippen LogP contribution in [0.4, 0.5) is 13.2 Å². The lowest BCUT2D eigenvalue weighted by atomic mass is 9.85. The van der Waals surface area contributed by atoms with Gasteiger partial charge in [-0.15, -0.1) is 0 Å². The van der Waals surface area contributed by atoms with E-state index in [1.54, 1.807) is 6.20 Å². The van der Waals surface area contributed by atoms with Crippen molar-refractivity contribution >= 4 is 11.5 Å². The number of amidine groups is 1. The van der Waals surface area contributed by atoms with Crippen molar-refractivity contribution in [1.29, 1.82) is 0 Å². The molecule has 2 aromatic rings. The van der Waals surface area contributed by atoms with Crippen molar-refractivity contribution in [3.05, 3.63) is 42.3 Å². The first-order valence-electron chi connectivity index (χ1n) is 10.2. The Balaban J connectivity index is 1.33. The van der Waals surface area contributed by atoms with Gasteiger partial charge in [-0.25, -0.2) is 15.0 Å². The van der Waals surface area contributed by atoms with Gasteiger partial charge in [0.1, 0.15) is 11.9 Å². The van der Waals surface area contributed by atoms with Crippen LogP contribution in [0.25, 0.3) is 5.65 Å². The smallest absolute Gasteiger partial charge is 0.381 e. The second-order valence-electron chi connectivity index (χ2n) is 8.04. The van der Waals surface area contributed by atoms with Gasteiger partial charge in [-0.05, 0) is 37.2 Å². The number of ether oxygens (including phenoxy) is 1. The summed E-state index contributed by atoms with van der Waals surface area (Å²) in [6.45, 7) is 3.67. The molecule has 3 aliphatic rings. The van der Waals surface area contributed by atoms with Crippen LogP contribution in [0, 0.1) is 11.8 Å². The van der Waals surface area contributed by atoms with Gasteiger partial charge in [-0.3, -0.25) is 9.30 Å². The number of nitrogens with zero attached hydrogens (tertiary/aromatic N) is 5. The van der Waals surface area contributed by atoms with Gasteiger partial charge in [0.25, 0.3) is 0 Å². The van der Waals surface area contributed by atoms with E-state index in [1.165, 1.54) is 10.6 Å². The van der Waals surface area contributed by atoms with Crippen LogP contribution in [-0.4, -0.2) is 57.6 Å². The molecule has 3 aliphatic heterocycles. The fourth-order valence-corrected chi connectivity index (χ4v) is 4.63. The molecule has 7 nitrogen and oxygen atoms in total. The van der Waals surface area contributed by atoms with Crippen LogP contribution < -0.4 is 5.32 Å². The van der Waals surface area contributed by atoms with Crippen molar-refractivity contribution in [1.82, 2.24) is 24.6 Å². The van der Waals surface area contributed by atoms with Crippen LogP contribution in [-0.2, 0) is 10.9 Å². The van der Waals surface area contributed by atoms with E-state index in [9.17, 15) is 13.2 Å². The molecule has 2 fully saturated rings. The predicted molar refractivity (Wildman–Crippen MR) is 104 cm³/mol. The largest absolute Gasteiger partial charge is 0.434 e. The standard InChI is InChI=1S/C20H23F3N6O/c21-20(22,23)16-12-29-15(9-26-18(29)10-25-16)19-24-5-1-17(27-19)28-6-2-14(11-28)13-3-7-30-8-4-13/h1,5,9-10,12-14,17H,2-4,6-8,11H2,(H,24,27). The number of aromatic nitrogens is 3. The van der Waals surface area contributed by atoms with Gasteiger partial charge in [0.2, 0.25) is 0 Å². The van der Waals surface area contributed by atoms with E-state index in [0.29, 0.717) is 29.0 Å². The maximum absolute atomic E-state index is 13.1. The highest BCUT2D eigenvalue weighted by Crippen LogP contribution is 2.32. The number of likely N-dealkylation sites (tertiary alicyclic amines) is 1. The topological polar surface area (TPSA) is 67.0 Å². The zero-order chi connectivity index (χ0) is 20.7. The first-order valence-corrected chi connectivity index (χ1v) is 10.2. The van der Waals surface area contributed by atoms with Gasteiger partial charge in [-0.1, -0.05) is 0 Å². The molecule has 2 aromatic heterocycles. The van der Waals surface area contributed by atoms with E-state index in [4.69, 9.17) is 4.74 Å². The molecule has 0 radical (unpaired) electrons. The summed E-state index contributed by atoms with van der Waals surface area (Å²) in [6.07, 6.45) is 6.14. The number of aliphatic imine (C=N–C) groups is 1. The molecule has 5 rings (SSSR count). The third-order valence-electron chi connectivity index (χ3n) is 6.27. The Morgan fingerprint density at radius 3 is 2.70 bits per heavy atom. The number of fused-ring (bicyclic) bond motifs is 1. The van der Waals surface area contributed by atoms with Crippen LogP contribution >= 0.6 is 0 Å². The zero-order valence-corrected chi connectivity index (χ0v) is 16.3. The van der Waals surface area contributed by atoms with E-state index in [1.807, 2.05) is 6.08 Å². The molecule has 10 heteroatoms. The van der Waals surface area contributed by atoms with E-state index in [-0.39, 0.29) is 6.17 Å². The maximum atomic E-state index is 13.1. The van der Waals surface area contributed by atoms with Gasteiger partial charge in [-0.2, -0.15) is 13.2 Å². The Kier molecular flexibility index (Phi) is 4.98. The molecule has 0 amide bonds. The first kappa shape index (κ1) is 19.5. The van der Waals surface area contributed by atoms with Gasteiger partial charge < -0.3 is 10.1 Å². The lowest BCUT2D eigenvalue weighted by Crippen LogP contribution is -2.48. The molecular weight excluding hydrogens is 397 g/mol. The maximum Gasteiger partial charge on any atom is 0.434 e. The molecule has 2 unspecified atom stereocenters. The van der Waals surface area contributed by atoms with E-state index in [2.05, 4.69) is 25.2 Å². The predicted octanol–water partition coefficient (Wildman–Crippen LogP) is 2.69. The van der Waals surface area contributed by atoms with Crippen LogP contribution in [0.1, 0.15) is 30.7 Å². The number of halogens is 3. The Labute approximate surface area is 171 Å².